The molecule has 0 spiro atoms. The van der Waals surface area contributed by atoms with E-state index < -0.39 is 0 Å². The molecule has 3 aromatic rings. The maximum atomic E-state index is 12.3. The number of aromatic amines is 1. The van der Waals surface area contributed by atoms with Crippen molar-refractivity contribution in [3.05, 3.63) is 81.1 Å². The molecule has 24 heavy (non-hydrogen) atoms. The lowest BCUT2D eigenvalue weighted by Crippen LogP contribution is -2.22. The van der Waals surface area contributed by atoms with E-state index >= 15 is 0 Å². The first kappa shape index (κ1) is 16.5. The number of nitrogens with one attached hydrogen (secondary N) is 2. The van der Waals surface area contributed by atoms with Crippen molar-refractivity contribution in [2.75, 3.05) is 6.54 Å². The van der Waals surface area contributed by atoms with Gasteiger partial charge in [0.25, 0.3) is 5.56 Å². The molecule has 0 fully saturated rings. The lowest BCUT2D eigenvalue weighted by Gasteiger charge is -2.09. The van der Waals surface area contributed by atoms with Crippen molar-refractivity contribution in [2.45, 2.75) is 33.2 Å². The van der Waals surface area contributed by atoms with Gasteiger partial charge in [-0.1, -0.05) is 42.5 Å². The Labute approximate surface area is 142 Å². The van der Waals surface area contributed by atoms with E-state index in [1.54, 1.807) is 0 Å². The van der Waals surface area contributed by atoms with Crippen LogP contribution in [0.25, 0.3) is 10.9 Å². The van der Waals surface area contributed by atoms with E-state index in [9.17, 15) is 4.79 Å². The molecule has 0 amide bonds. The van der Waals surface area contributed by atoms with Crippen molar-refractivity contribution in [2.24, 2.45) is 0 Å². The lowest BCUT2D eigenvalue weighted by molar-refractivity contribution is 0.646. The van der Waals surface area contributed by atoms with Crippen molar-refractivity contribution < 1.29 is 0 Å². The minimum Gasteiger partial charge on any atom is -0.321 e. The molecular weight excluding hydrogens is 296 g/mol. The van der Waals surface area contributed by atoms with Crippen molar-refractivity contribution in [3.63, 3.8) is 0 Å². The van der Waals surface area contributed by atoms with E-state index in [-0.39, 0.29) is 5.56 Å². The largest absolute Gasteiger partial charge is 0.321 e. The molecule has 0 bridgehead atoms. The van der Waals surface area contributed by atoms with E-state index in [0.29, 0.717) is 6.54 Å². The SMILES string of the molecule is Cc1ccc2cc(CNCCCc3ccccc3)c(=O)[nH]c2c1C. The van der Waals surface area contributed by atoms with E-state index in [1.807, 2.05) is 12.1 Å². The quantitative estimate of drug-likeness (QED) is 0.677. The normalized spacial score (nSPS) is 11.1. The van der Waals surface area contributed by atoms with Gasteiger partial charge in [0.15, 0.2) is 0 Å². The van der Waals surface area contributed by atoms with E-state index in [2.05, 4.69) is 60.5 Å². The van der Waals surface area contributed by atoms with Crippen LogP contribution in [0.5, 0.6) is 0 Å². The van der Waals surface area contributed by atoms with Gasteiger partial charge in [0.05, 0.1) is 5.52 Å². The molecule has 0 saturated heterocycles. The van der Waals surface area contributed by atoms with Gasteiger partial charge in [0.1, 0.15) is 0 Å². The molecule has 3 nitrogen and oxygen atoms in total. The Balaban J connectivity index is 1.60. The van der Waals surface area contributed by atoms with Crippen LogP contribution in [-0.2, 0) is 13.0 Å². The zero-order valence-electron chi connectivity index (χ0n) is 14.4. The molecule has 1 heterocycles. The van der Waals surface area contributed by atoms with Crippen LogP contribution in [0.1, 0.15) is 28.7 Å². The minimum absolute atomic E-state index is 0.00626. The van der Waals surface area contributed by atoms with Crippen LogP contribution in [0.4, 0.5) is 0 Å². The molecule has 0 saturated carbocycles. The fourth-order valence-electron chi connectivity index (χ4n) is 2.99. The van der Waals surface area contributed by atoms with Crippen LogP contribution in [-0.4, -0.2) is 11.5 Å². The van der Waals surface area contributed by atoms with E-state index in [0.717, 1.165) is 41.4 Å². The highest BCUT2D eigenvalue weighted by atomic mass is 16.1. The molecule has 124 valence electrons. The van der Waals surface area contributed by atoms with Crippen molar-refractivity contribution >= 4 is 10.9 Å². The number of aromatic nitrogens is 1. The highest BCUT2D eigenvalue weighted by molar-refractivity contribution is 5.83. The predicted molar refractivity (Wildman–Crippen MR) is 101 cm³/mol. The first-order valence-electron chi connectivity index (χ1n) is 8.52. The van der Waals surface area contributed by atoms with Crippen LogP contribution in [0.15, 0.2) is 53.3 Å². The number of benzene rings is 2. The number of hydrogen-bond acceptors (Lipinski definition) is 2. The second kappa shape index (κ2) is 7.45. The summed E-state index contributed by atoms with van der Waals surface area (Å²) in [5.41, 5.74) is 5.45. The fourth-order valence-corrected chi connectivity index (χ4v) is 2.99. The summed E-state index contributed by atoms with van der Waals surface area (Å²) in [6, 6.07) is 16.7. The van der Waals surface area contributed by atoms with Crippen LogP contribution in [0.3, 0.4) is 0 Å². The number of pyridine rings is 1. The second-order valence-corrected chi connectivity index (χ2v) is 6.36. The van der Waals surface area contributed by atoms with Gasteiger partial charge < -0.3 is 10.3 Å². The van der Waals surface area contributed by atoms with Crippen molar-refractivity contribution in [3.8, 4) is 0 Å². The first-order valence-corrected chi connectivity index (χ1v) is 8.52. The molecule has 0 radical (unpaired) electrons. The van der Waals surface area contributed by atoms with E-state index in [4.69, 9.17) is 0 Å². The van der Waals surface area contributed by atoms with Gasteiger partial charge >= 0.3 is 0 Å². The average molecular weight is 320 g/mol. The average Bonchev–Trinajstić information content (AvgIpc) is 2.60. The summed E-state index contributed by atoms with van der Waals surface area (Å²) in [5.74, 6) is 0. The molecule has 0 atom stereocenters. The minimum atomic E-state index is 0.00626. The number of fused-ring (bicyclic) bond motifs is 1. The summed E-state index contributed by atoms with van der Waals surface area (Å²) in [4.78, 5) is 15.3. The molecule has 3 heteroatoms. The standard InChI is InChI=1S/C21H24N2O/c1-15-10-11-18-13-19(21(24)23-20(18)16(15)2)14-22-12-6-9-17-7-4-3-5-8-17/h3-5,7-8,10-11,13,22H,6,9,12,14H2,1-2H3,(H,23,24). The molecule has 2 aromatic carbocycles. The molecule has 1 aromatic heterocycles. The highest BCUT2D eigenvalue weighted by Crippen LogP contribution is 2.18. The molecule has 0 aliphatic carbocycles. The maximum absolute atomic E-state index is 12.3. The molecule has 2 N–H and O–H groups in total. The van der Waals surface area contributed by atoms with Crippen LogP contribution in [0, 0.1) is 13.8 Å². The summed E-state index contributed by atoms with van der Waals surface area (Å²) in [6.45, 7) is 5.62. The van der Waals surface area contributed by atoms with Crippen LogP contribution in [0.2, 0.25) is 0 Å². The molecule has 0 aliphatic rings. The summed E-state index contributed by atoms with van der Waals surface area (Å²) in [5, 5.41) is 4.48. The Morgan fingerprint density at radius 3 is 2.62 bits per heavy atom. The van der Waals surface area contributed by atoms with Crippen LogP contribution < -0.4 is 10.9 Å². The summed E-state index contributed by atoms with van der Waals surface area (Å²) < 4.78 is 0. The topological polar surface area (TPSA) is 44.9 Å². The summed E-state index contributed by atoms with van der Waals surface area (Å²) >= 11 is 0. The zero-order valence-corrected chi connectivity index (χ0v) is 14.4. The third kappa shape index (κ3) is 3.74. The molecular formula is C21H24N2O. The smallest absolute Gasteiger partial charge is 0.252 e. The van der Waals surface area contributed by atoms with Gasteiger partial charge in [-0.2, -0.15) is 0 Å². The second-order valence-electron chi connectivity index (χ2n) is 6.36. The van der Waals surface area contributed by atoms with Gasteiger partial charge in [-0.25, -0.2) is 0 Å². The Morgan fingerprint density at radius 2 is 1.83 bits per heavy atom. The monoisotopic (exact) mass is 320 g/mol. The number of aryl methyl sites for hydroxylation is 3. The maximum Gasteiger partial charge on any atom is 0.252 e. The predicted octanol–water partition coefficient (Wildman–Crippen LogP) is 3.87. The number of H-pyrrole nitrogens is 1. The summed E-state index contributed by atoms with van der Waals surface area (Å²) in [7, 11) is 0. The number of hydrogen-bond donors (Lipinski definition) is 2. The first-order chi connectivity index (χ1) is 11.6. The van der Waals surface area contributed by atoms with Gasteiger partial charge in [-0.05, 0) is 61.4 Å². The summed E-state index contributed by atoms with van der Waals surface area (Å²) in [6.07, 6.45) is 2.12. The van der Waals surface area contributed by atoms with Gasteiger partial charge in [0.2, 0.25) is 0 Å². The van der Waals surface area contributed by atoms with Gasteiger partial charge in [0, 0.05) is 12.1 Å². The third-order valence-electron chi connectivity index (χ3n) is 4.61. The van der Waals surface area contributed by atoms with Gasteiger partial charge in [-0.15, -0.1) is 0 Å². The molecule has 0 unspecified atom stereocenters. The Hall–Kier alpha value is -2.39. The van der Waals surface area contributed by atoms with Crippen molar-refractivity contribution in [1.29, 1.82) is 0 Å². The van der Waals surface area contributed by atoms with E-state index in [1.165, 1.54) is 11.1 Å². The Bertz CT molecular complexity index is 881. The fraction of sp³-hybridized carbons (Fsp3) is 0.286. The van der Waals surface area contributed by atoms with Gasteiger partial charge in [-0.3, -0.25) is 4.79 Å². The third-order valence-corrected chi connectivity index (χ3v) is 4.61. The zero-order chi connectivity index (χ0) is 16.9. The Morgan fingerprint density at radius 1 is 1.04 bits per heavy atom. The number of rotatable bonds is 6. The lowest BCUT2D eigenvalue weighted by atomic mass is 10.0. The highest BCUT2D eigenvalue weighted by Gasteiger charge is 2.06. The van der Waals surface area contributed by atoms with Crippen LogP contribution >= 0.6 is 0 Å². The van der Waals surface area contributed by atoms with Crippen molar-refractivity contribution in [1.82, 2.24) is 10.3 Å². The molecule has 3 rings (SSSR count). The molecule has 0 aliphatic heterocycles. The Kier molecular flexibility index (Phi) is 5.11.